The summed E-state index contributed by atoms with van der Waals surface area (Å²) in [7, 11) is 2.26. The van der Waals surface area contributed by atoms with Gasteiger partial charge in [-0.1, -0.05) is 0 Å². The number of hydrogen-bond acceptors (Lipinski definition) is 5. The second kappa shape index (κ2) is 9.33. The maximum atomic E-state index is 5.42. The minimum atomic E-state index is 0.921. The Morgan fingerprint density at radius 2 is 1.22 bits per heavy atom. The van der Waals surface area contributed by atoms with Crippen LogP contribution >= 0.6 is 0 Å². The van der Waals surface area contributed by atoms with E-state index in [-0.39, 0.29) is 0 Å². The van der Waals surface area contributed by atoms with E-state index in [2.05, 4.69) is 26.6 Å². The smallest absolute Gasteiger partial charge is 0.0594 e. The van der Waals surface area contributed by atoms with E-state index in [0.29, 0.717) is 0 Å². The van der Waals surface area contributed by atoms with Crippen molar-refractivity contribution in [1.29, 1.82) is 0 Å². The fourth-order valence-electron chi connectivity index (χ4n) is 4.06. The van der Waals surface area contributed by atoms with Crippen LogP contribution in [0, 0.1) is 5.92 Å². The lowest BCUT2D eigenvalue weighted by atomic mass is 9.93. The Kier molecular flexibility index (Phi) is 7.14. The molecule has 3 rings (SSSR count). The van der Waals surface area contributed by atoms with Crippen LogP contribution in [0.3, 0.4) is 0 Å². The quantitative estimate of drug-likeness (QED) is 0.714. The normalized spacial score (nSPS) is 27.5. The molecule has 0 radical (unpaired) electrons. The fourth-order valence-corrected chi connectivity index (χ4v) is 4.06. The largest absolute Gasteiger partial charge is 0.379 e. The maximum absolute atomic E-state index is 5.42. The van der Waals surface area contributed by atoms with Crippen LogP contribution < -0.4 is 0 Å². The SMILES string of the molecule is CN1CCC(CCN2CCN(CCN3CCOCC3)CC2)CC1. The molecule has 0 saturated carbocycles. The minimum Gasteiger partial charge on any atom is -0.379 e. The summed E-state index contributed by atoms with van der Waals surface area (Å²) in [6.45, 7) is 15.6. The highest BCUT2D eigenvalue weighted by Gasteiger charge is 2.21. The number of morpholine rings is 1. The molecule has 5 heteroatoms. The number of rotatable bonds is 6. The van der Waals surface area contributed by atoms with Gasteiger partial charge < -0.3 is 14.5 Å². The van der Waals surface area contributed by atoms with Crippen LogP contribution in [0.15, 0.2) is 0 Å². The van der Waals surface area contributed by atoms with Gasteiger partial charge in [-0.15, -0.1) is 0 Å². The zero-order valence-corrected chi connectivity index (χ0v) is 15.1. The van der Waals surface area contributed by atoms with E-state index < -0.39 is 0 Å². The molecule has 3 fully saturated rings. The zero-order valence-electron chi connectivity index (χ0n) is 15.1. The van der Waals surface area contributed by atoms with Crippen molar-refractivity contribution >= 4 is 0 Å². The number of piperazine rings is 1. The van der Waals surface area contributed by atoms with Crippen molar-refractivity contribution in [3.63, 3.8) is 0 Å². The van der Waals surface area contributed by atoms with Crippen LogP contribution in [-0.4, -0.2) is 112 Å². The first-order chi connectivity index (χ1) is 11.3. The minimum absolute atomic E-state index is 0.921. The molecule has 3 aliphatic heterocycles. The topological polar surface area (TPSA) is 22.2 Å². The lowest BCUT2D eigenvalue weighted by molar-refractivity contribution is 0.0296. The zero-order chi connectivity index (χ0) is 15.9. The third-order valence-corrected chi connectivity index (χ3v) is 5.99. The third kappa shape index (κ3) is 5.98. The highest BCUT2D eigenvalue weighted by molar-refractivity contribution is 4.76. The van der Waals surface area contributed by atoms with Crippen LogP contribution in [0.5, 0.6) is 0 Å². The summed E-state index contributed by atoms with van der Waals surface area (Å²) < 4.78 is 5.42. The maximum Gasteiger partial charge on any atom is 0.0594 e. The van der Waals surface area contributed by atoms with Crippen molar-refractivity contribution in [3.05, 3.63) is 0 Å². The molecule has 23 heavy (non-hydrogen) atoms. The van der Waals surface area contributed by atoms with Gasteiger partial charge in [0.15, 0.2) is 0 Å². The molecule has 0 amide bonds. The molecule has 0 aromatic rings. The molecule has 3 heterocycles. The van der Waals surface area contributed by atoms with E-state index >= 15 is 0 Å². The van der Waals surface area contributed by atoms with Crippen molar-refractivity contribution in [2.24, 2.45) is 5.92 Å². The van der Waals surface area contributed by atoms with E-state index in [1.54, 1.807) is 0 Å². The summed E-state index contributed by atoms with van der Waals surface area (Å²) in [5.41, 5.74) is 0. The first-order valence-electron chi connectivity index (χ1n) is 9.73. The Morgan fingerprint density at radius 3 is 1.83 bits per heavy atom. The molecule has 0 atom stereocenters. The Labute approximate surface area is 142 Å². The molecule has 3 saturated heterocycles. The first-order valence-corrected chi connectivity index (χ1v) is 9.73. The summed E-state index contributed by atoms with van der Waals surface area (Å²) in [5.74, 6) is 0.977. The summed E-state index contributed by atoms with van der Waals surface area (Å²) in [4.78, 5) is 10.4. The molecule has 0 aromatic carbocycles. The second-order valence-corrected chi connectivity index (χ2v) is 7.67. The average Bonchev–Trinajstić information content (AvgIpc) is 2.61. The molecule has 0 unspecified atom stereocenters. The predicted molar refractivity (Wildman–Crippen MR) is 95.0 cm³/mol. The number of piperidine rings is 1. The van der Waals surface area contributed by atoms with Crippen molar-refractivity contribution in [1.82, 2.24) is 19.6 Å². The Hall–Kier alpha value is -0.200. The van der Waals surface area contributed by atoms with Gasteiger partial charge in [0.2, 0.25) is 0 Å². The highest BCUT2D eigenvalue weighted by Crippen LogP contribution is 2.20. The van der Waals surface area contributed by atoms with Crippen LogP contribution in [-0.2, 0) is 4.74 Å². The first kappa shape index (κ1) is 17.6. The molecular formula is C18H36N4O. The molecule has 5 nitrogen and oxygen atoms in total. The van der Waals surface area contributed by atoms with Crippen molar-refractivity contribution in [2.75, 3.05) is 92.3 Å². The fraction of sp³-hybridized carbons (Fsp3) is 1.00. The lowest BCUT2D eigenvalue weighted by Gasteiger charge is -2.37. The van der Waals surface area contributed by atoms with Gasteiger partial charge in [-0.25, -0.2) is 0 Å². The summed E-state index contributed by atoms with van der Waals surface area (Å²) in [5, 5.41) is 0. The van der Waals surface area contributed by atoms with Crippen molar-refractivity contribution in [3.8, 4) is 0 Å². The van der Waals surface area contributed by atoms with Gasteiger partial charge in [-0.3, -0.25) is 9.80 Å². The van der Waals surface area contributed by atoms with Gasteiger partial charge in [0.25, 0.3) is 0 Å². The van der Waals surface area contributed by atoms with E-state index in [0.717, 1.165) is 32.2 Å². The number of likely N-dealkylation sites (tertiary alicyclic amines) is 1. The average molecular weight is 325 g/mol. The van der Waals surface area contributed by atoms with Crippen molar-refractivity contribution < 1.29 is 4.74 Å². The van der Waals surface area contributed by atoms with Crippen LogP contribution in [0.2, 0.25) is 0 Å². The second-order valence-electron chi connectivity index (χ2n) is 7.67. The highest BCUT2D eigenvalue weighted by atomic mass is 16.5. The van der Waals surface area contributed by atoms with Crippen LogP contribution in [0.4, 0.5) is 0 Å². The Bertz CT molecular complexity index is 319. The van der Waals surface area contributed by atoms with E-state index in [9.17, 15) is 0 Å². The molecule has 0 bridgehead atoms. The lowest BCUT2D eigenvalue weighted by Crippen LogP contribution is -2.49. The molecule has 0 aliphatic carbocycles. The molecule has 0 aromatic heterocycles. The van der Waals surface area contributed by atoms with E-state index in [4.69, 9.17) is 4.74 Å². The molecular weight excluding hydrogens is 288 g/mol. The monoisotopic (exact) mass is 324 g/mol. The molecule has 134 valence electrons. The third-order valence-electron chi connectivity index (χ3n) is 5.99. The van der Waals surface area contributed by atoms with Gasteiger partial charge in [0.1, 0.15) is 0 Å². The van der Waals surface area contributed by atoms with E-state index in [1.165, 1.54) is 78.2 Å². The standard InChI is InChI=1S/C18H36N4O/c1-19-5-2-18(3-6-19)4-7-20-8-10-21(11-9-20)12-13-22-14-16-23-17-15-22/h18H,2-17H2,1H3. The van der Waals surface area contributed by atoms with Crippen LogP contribution in [0.25, 0.3) is 0 Å². The van der Waals surface area contributed by atoms with Gasteiger partial charge >= 0.3 is 0 Å². The van der Waals surface area contributed by atoms with Gasteiger partial charge in [-0.05, 0) is 51.9 Å². The number of nitrogens with zero attached hydrogens (tertiary/aromatic N) is 4. The van der Waals surface area contributed by atoms with Crippen molar-refractivity contribution in [2.45, 2.75) is 19.3 Å². The molecule has 3 aliphatic rings. The Balaban J connectivity index is 1.25. The Morgan fingerprint density at radius 1 is 0.696 bits per heavy atom. The van der Waals surface area contributed by atoms with Gasteiger partial charge in [0.05, 0.1) is 13.2 Å². The summed E-state index contributed by atoms with van der Waals surface area (Å²) in [6.07, 6.45) is 4.24. The van der Waals surface area contributed by atoms with Gasteiger partial charge in [-0.2, -0.15) is 0 Å². The summed E-state index contributed by atoms with van der Waals surface area (Å²) in [6, 6.07) is 0. The molecule has 0 N–H and O–H groups in total. The predicted octanol–water partition coefficient (Wildman–Crippen LogP) is 0.668. The summed E-state index contributed by atoms with van der Waals surface area (Å²) >= 11 is 0. The van der Waals surface area contributed by atoms with Gasteiger partial charge in [0, 0.05) is 52.4 Å². The van der Waals surface area contributed by atoms with E-state index in [1.807, 2.05) is 0 Å². The van der Waals surface area contributed by atoms with Crippen LogP contribution in [0.1, 0.15) is 19.3 Å². The number of hydrogen-bond donors (Lipinski definition) is 0. The number of ether oxygens (including phenoxy) is 1. The molecule has 0 spiro atoms.